The van der Waals surface area contributed by atoms with Crippen molar-refractivity contribution in [1.82, 2.24) is 0 Å². The van der Waals surface area contributed by atoms with Gasteiger partial charge in [-0.15, -0.1) is 0 Å². The highest BCUT2D eigenvalue weighted by Crippen LogP contribution is 2.35. The lowest BCUT2D eigenvalue weighted by atomic mass is 9.89. The summed E-state index contributed by atoms with van der Waals surface area (Å²) in [7, 11) is -0.662. The van der Waals surface area contributed by atoms with E-state index < -0.39 is 16.2 Å². The lowest BCUT2D eigenvalue weighted by Crippen LogP contribution is -2.23. The van der Waals surface area contributed by atoms with E-state index >= 15 is 0 Å². The van der Waals surface area contributed by atoms with Crippen molar-refractivity contribution >= 4 is 10.1 Å². The van der Waals surface area contributed by atoms with Crippen LogP contribution in [0.15, 0.2) is 47.4 Å². The molecule has 0 fully saturated rings. The van der Waals surface area contributed by atoms with Crippen molar-refractivity contribution in [3.8, 4) is 11.5 Å². The molecule has 28 heavy (non-hydrogen) atoms. The lowest BCUT2D eigenvalue weighted by Gasteiger charge is -2.25. The molecule has 0 aromatic heterocycles. The monoisotopic (exact) mass is 406 g/mol. The van der Waals surface area contributed by atoms with Gasteiger partial charge in [-0.25, -0.2) is 0 Å². The number of benzene rings is 2. The standard InChI is InChI=1S/C22H30O5S/c1-6-7-8-20(18-11-14-21(25-4)22(15-18)26-5)17(3)27-28(23,24)19-12-9-16(2)10-13-19/h9-15,17,20H,6-8H2,1-5H3/t17-,20+/m1/s1. The van der Waals surface area contributed by atoms with Gasteiger partial charge in [0, 0.05) is 5.92 Å². The molecule has 2 rings (SSSR count). The largest absolute Gasteiger partial charge is 0.493 e. The maximum atomic E-state index is 12.7. The molecule has 2 atom stereocenters. The first-order valence-corrected chi connectivity index (χ1v) is 10.9. The van der Waals surface area contributed by atoms with Crippen molar-refractivity contribution in [3.63, 3.8) is 0 Å². The van der Waals surface area contributed by atoms with E-state index in [0.717, 1.165) is 30.4 Å². The second-order valence-electron chi connectivity index (χ2n) is 6.93. The van der Waals surface area contributed by atoms with Crippen LogP contribution < -0.4 is 9.47 Å². The topological polar surface area (TPSA) is 61.8 Å². The molecule has 0 heterocycles. The third kappa shape index (κ3) is 5.49. The summed E-state index contributed by atoms with van der Waals surface area (Å²) < 4.78 is 41.8. The molecular weight excluding hydrogens is 376 g/mol. The van der Waals surface area contributed by atoms with E-state index in [-0.39, 0.29) is 10.8 Å². The second-order valence-corrected chi connectivity index (χ2v) is 8.50. The smallest absolute Gasteiger partial charge is 0.297 e. The molecule has 0 unspecified atom stereocenters. The summed E-state index contributed by atoms with van der Waals surface area (Å²) in [5.41, 5.74) is 1.97. The van der Waals surface area contributed by atoms with Crippen LogP contribution in [0, 0.1) is 6.92 Å². The summed E-state index contributed by atoms with van der Waals surface area (Å²) in [4.78, 5) is 0.173. The van der Waals surface area contributed by atoms with E-state index in [1.807, 2.05) is 32.0 Å². The molecule has 0 spiro atoms. The van der Waals surface area contributed by atoms with Gasteiger partial charge in [-0.05, 0) is 50.1 Å². The molecule has 0 saturated heterocycles. The van der Waals surface area contributed by atoms with Crippen LogP contribution in [0.25, 0.3) is 0 Å². The number of ether oxygens (including phenoxy) is 2. The zero-order valence-corrected chi connectivity index (χ0v) is 18.1. The molecule has 0 bridgehead atoms. The molecule has 2 aromatic rings. The van der Waals surface area contributed by atoms with Crippen LogP contribution in [0.2, 0.25) is 0 Å². The van der Waals surface area contributed by atoms with Gasteiger partial charge in [0.2, 0.25) is 0 Å². The Morgan fingerprint density at radius 3 is 2.18 bits per heavy atom. The highest BCUT2D eigenvalue weighted by molar-refractivity contribution is 7.86. The predicted molar refractivity (Wildman–Crippen MR) is 111 cm³/mol. The summed E-state index contributed by atoms with van der Waals surface area (Å²) in [6, 6.07) is 12.4. The van der Waals surface area contributed by atoms with E-state index in [2.05, 4.69) is 6.92 Å². The molecule has 2 aromatic carbocycles. The van der Waals surface area contributed by atoms with E-state index in [1.165, 1.54) is 0 Å². The maximum absolute atomic E-state index is 12.7. The first-order valence-electron chi connectivity index (χ1n) is 9.54. The minimum Gasteiger partial charge on any atom is -0.493 e. The first kappa shape index (κ1) is 22.2. The van der Waals surface area contributed by atoms with Crippen LogP contribution in [0.5, 0.6) is 11.5 Å². The molecular formula is C22H30O5S. The Kier molecular flexibility index (Phi) is 7.89. The number of hydrogen-bond donors (Lipinski definition) is 0. The van der Waals surface area contributed by atoms with E-state index in [9.17, 15) is 8.42 Å². The van der Waals surface area contributed by atoms with E-state index in [4.69, 9.17) is 13.7 Å². The Balaban J connectivity index is 2.30. The average Bonchev–Trinajstić information content (AvgIpc) is 2.68. The number of rotatable bonds is 10. The van der Waals surface area contributed by atoms with Gasteiger partial charge in [-0.3, -0.25) is 4.18 Å². The normalized spacial score (nSPS) is 13.8. The minimum atomic E-state index is -3.84. The molecule has 0 aliphatic rings. The fourth-order valence-electron chi connectivity index (χ4n) is 3.21. The van der Waals surface area contributed by atoms with Crippen LogP contribution in [0.1, 0.15) is 50.2 Å². The van der Waals surface area contributed by atoms with E-state index in [0.29, 0.717) is 11.5 Å². The highest BCUT2D eigenvalue weighted by atomic mass is 32.2. The molecule has 0 aliphatic carbocycles. The summed E-state index contributed by atoms with van der Waals surface area (Å²) in [5, 5.41) is 0. The molecule has 154 valence electrons. The molecule has 5 nitrogen and oxygen atoms in total. The molecule has 0 radical (unpaired) electrons. The Labute approximate surface area is 168 Å². The van der Waals surface area contributed by atoms with Gasteiger partial charge in [0.15, 0.2) is 11.5 Å². The quantitative estimate of drug-likeness (QED) is 0.515. The zero-order chi connectivity index (χ0) is 20.7. The van der Waals surface area contributed by atoms with Gasteiger partial charge in [0.1, 0.15) is 0 Å². The SMILES string of the molecule is CCCC[C@H](c1ccc(OC)c(OC)c1)[C@@H](C)OS(=O)(=O)c1ccc(C)cc1. The molecule has 0 N–H and O–H groups in total. The van der Waals surface area contributed by atoms with Gasteiger partial charge in [0.05, 0.1) is 25.2 Å². The third-order valence-electron chi connectivity index (χ3n) is 4.86. The van der Waals surface area contributed by atoms with Gasteiger partial charge < -0.3 is 9.47 Å². The fourth-order valence-corrected chi connectivity index (χ4v) is 4.32. The van der Waals surface area contributed by atoms with E-state index in [1.54, 1.807) is 38.5 Å². The van der Waals surface area contributed by atoms with Crippen molar-refractivity contribution in [3.05, 3.63) is 53.6 Å². The summed E-state index contributed by atoms with van der Waals surface area (Å²) in [6.07, 6.45) is 2.28. The summed E-state index contributed by atoms with van der Waals surface area (Å²) in [5.74, 6) is 1.18. The number of aryl methyl sites for hydroxylation is 1. The van der Waals surface area contributed by atoms with Crippen molar-refractivity contribution in [1.29, 1.82) is 0 Å². The van der Waals surface area contributed by atoms with Crippen LogP contribution in [0.3, 0.4) is 0 Å². The first-order chi connectivity index (χ1) is 13.3. The van der Waals surface area contributed by atoms with Gasteiger partial charge in [-0.2, -0.15) is 8.42 Å². The van der Waals surface area contributed by atoms with Crippen molar-refractivity contribution < 1.29 is 22.1 Å². The van der Waals surface area contributed by atoms with Crippen molar-refractivity contribution in [2.24, 2.45) is 0 Å². The predicted octanol–water partition coefficient (Wildman–Crippen LogP) is 5.08. The van der Waals surface area contributed by atoms with Gasteiger partial charge >= 0.3 is 0 Å². The number of unbranched alkanes of at least 4 members (excludes halogenated alkanes) is 1. The minimum absolute atomic E-state index is 0.0834. The summed E-state index contributed by atoms with van der Waals surface area (Å²) >= 11 is 0. The number of methoxy groups -OCH3 is 2. The Morgan fingerprint density at radius 1 is 0.964 bits per heavy atom. The molecule has 0 amide bonds. The Hall–Kier alpha value is -2.05. The van der Waals surface area contributed by atoms with Crippen LogP contribution in [-0.4, -0.2) is 28.7 Å². The van der Waals surface area contributed by atoms with Gasteiger partial charge in [-0.1, -0.05) is 43.5 Å². The molecule has 0 aliphatic heterocycles. The molecule has 0 saturated carbocycles. The zero-order valence-electron chi connectivity index (χ0n) is 17.3. The van der Waals surface area contributed by atoms with Crippen LogP contribution >= 0.6 is 0 Å². The fraction of sp³-hybridized carbons (Fsp3) is 0.455. The molecule has 6 heteroatoms. The lowest BCUT2D eigenvalue weighted by molar-refractivity contribution is 0.188. The van der Waals surface area contributed by atoms with Crippen LogP contribution in [-0.2, 0) is 14.3 Å². The number of hydrogen-bond acceptors (Lipinski definition) is 5. The Bertz CT molecular complexity index is 859. The van der Waals surface area contributed by atoms with Crippen molar-refractivity contribution in [2.75, 3.05) is 14.2 Å². The average molecular weight is 407 g/mol. The van der Waals surface area contributed by atoms with Crippen LogP contribution in [0.4, 0.5) is 0 Å². The third-order valence-corrected chi connectivity index (χ3v) is 6.27. The second kappa shape index (κ2) is 9.94. The Morgan fingerprint density at radius 2 is 1.61 bits per heavy atom. The maximum Gasteiger partial charge on any atom is 0.297 e. The van der Waals surface area contributed by atoms with Gasteiger partial charge in [0.25, 0.3) is 10.1 Å². The van der Waals surface area contributed by atoms with Crippen molar-refractivity contribution in [2.45, 2.75) is 57.0 Å². The summed E-state index contributed by atoms with van der Waals surface area (Å²) in [6.45, 7) is 5.83. The highest BCUT2D eigenvalue weighted by Gasteiger charge is 2.27.